The molecule has 0 spiro atoms. The quantitative estimate of drug-likeness (QED) is 0.724. The largest absolute Gasteiger partial charge is 0.389 e. The monoisotopic (exact) mass is 252 g/mol. The van der Waals surface area contributed by atoms with E-state index in [-0.39, 0.29) is 11.6 Å². The normalized spacial score (nSPS) is 14.8. The van der Waals surface area contributed by atoms with Gasteiger partial charge in [0.15, 0.2) is 11.6 Å². The van der Waals surface area contributed by atoms with Gasteiger partial charge in [-0.15, -0.1) is 0 Å². The molecule has 0 radical (unpaired) electrons. The minimum absolute atomic E-state index is 0.137. The maximum atomic E-state index is 12.4. The lowest BCUT2D eigenvalue weighted by atomic mass is 9.83. The van der Waals surface area contributed by atoms with Crippen LogP contribution in [-0.2, 0) is 0 Å². The second-order valence-electron chi connectivity index (χ2n) is 4.68. The summed E-state index contributed by atoms with van der Waals surface area (Å²) in [4.78, 5) is 24.7. The lowest BCUT2D eigenvalue weighted by Crippen LogP contribution is -2.21. The molecule has 3 nitrogen and oxygen atoms in total. The van der Waals surface area contributed by atoms with Gasteiger partial charge in [-0.2, -0.15) is 0 Å². The van der Waals surface area contributed by atoms with Gasteiger partial charge in [0.05, 0.1) is 6.10 Å². The molecule has 0 fully saturated rings. The molecule has 19 heavy (non-hydrogen) atoms. The van der Waals surface area contributed by atoms with E-state index in [1.807, 2.05) is 0 Å². The molecule has 0 saturated heterocycles. The van der Waals surface area contributed by atoms with Crippen molar-refractivity contribution >= 4 is 11.6 Å². The Morgan fingerprint density at radius 2 is 1.37 bits per heavy atom. The highest BCUT2D eigenvalue weighted by Crippen LogP contribution is 2.29. The lowest BCUT2D eigenvalue weighted by Gasteiger charge is -2.18. The predicted molar refractivity (Wildman–Crippen MR) is 70.4 cm³/mol. The van der Waals surface area contributed by atoms with Crippen molar-refractivity contribution in [3.63, 3.8) is 0 Å². The Bertz CT molecular complexity index is 699. The zero-order valence-corrected chi connectivity index (χ0v) is 10.4. The van der Waals surface area contributed by atoms with Crippen molar-refractivity contribution in [2.45, 2.75) is 13.0 Å². The van der Waals surface area contributed by atoms with E-state index < -0.39 is 6.10 Å². The van der Waals surface area contributed by atoms with E-state index >= 15 is 0 Å². The van der Waals surface area contributed by atoms with Crippen LogP contribution in [0.3, 0.4) is 0 Å². The number of ketones is 2. The Labute approximate surface area is 110 Å². The average molecular weight is 252 g/mol. The summed E-state index contributed by atoms with van der Waals surface area (Å²) in [5, 5.41) is 9.58. The molecule has 2 aromatic rings. The van der Waals surface area contributed by atoms with Crippen molar-refractivity contribution in [1.82, 2.24) is 0 Å². The van der Waals surface area contributed by atoms with Crippen molar-refractivity contribution < 1.29 is 14.7 Å². The van der Waals surface area contributed by atoms with Crippen molar-refractivity contribution in [2.75, 3.05) is 0 Å². The zero-order chi connectivity index (χ0) is 13.6. The molecular formula is C16H12O3. The third kappa shape index (κ3) is 1.71. The molecule has 0 heterocycles. The van der Waals surface area contributed by atoms with Gasteiger partial charge in [-0.05, 0) is 24.6 Å². The Kier molecular flexibility index (Phi) is 2.57. The van der Waals surface area contributed by atoms with Gasteiger partial charge in [-0.25, -0.2) is 0 Å². The minimum atomic E-state index is -0.662. The first-order chi connectivity index (χ1) is 9.09. The fourth-order valence-corrected chi connectivity index (χ4v) is 2.38. The lowest BCUT2D eigenvalue weighted by molar-refractivity contribution is 0.0978. The third-order valence-electron chi connectivity index (χ3n) is 3.43. The van der Waals surface area contributed by atoms with E-state index in [4.69, 9.17) is 0 Å². The summed E-state index contributed by atoms with van der Waals surface area (Å²) in [7, 11) is 0. The van der Waals surface area contributed by atoms with Crippen LogP contribution in [0.25, 0.3) is 0 Å². The fraction of sp³-hybridized carbons (Fsp3) is 0.125. The van der Waals surface area contributed by atoms with Gasteiger partial charge in [0, 0.05) is 22.3 Å². The summed E-state index contributed by atoms with van der Waals surface area (Å²) in [5.74, 6) is -0.296. The summed E-state index contributed by atoms with van der Waals surface area (Å²) < 4.78 is 0. The van der Waals surface area contributed by atoms with Gasteiger partial charge in [0.1, 0.15) is 0 Å². The SMILES string of the molecule is CC(O)c1ccc2c(c1)C(=O)c1ccccc1C2=O. The van der Waals surface area contributed by atoms with Gasteiger partial charge in [-0.1, -0.05) is 30.3 Å². The molecule has 1 unspecified atom stereocenters. The summed E-state index contributed by atoms with van der Waals surface area (Å²) >= 11 is 0. The van der Waals surface area contributed by atoms with E-state index in [2.05, 4.69) is 0 Å². The molecule has 3 rings (SSSR count). The standard InChI is InChI=1S/C16H12O3/c1-9(17)10-6-7-13-14(8-10)16(19)12-5-3-2-4-11(12)15(13)18/h2-9,17H,1H3. The highest BCUT2D eigenvalue weighted by atomic mass is 16.3. The summed E-state index contributed by atoms with van der Waals surface area (Å²) in [6.45, 7) is 1.63. The molecule has 1 aliphatic carbocycles. The van der Waals surface area contributed by atoms with E-state index in [1.165, 1.54) is 0 Å². The first-order valence-corrected chi connectivity index (χ1v) is 6.10. The van der Waals surface area contributed by atoms with Crippen LogP contribution >= 0.6 is 0 Å². The van der Waals surface area contributed by atoms with E-state index in [0.29, 0.717) is 27.8 Å². The van der Waals surface area contributed by atoms with Gasteiger partial charge >= 0.3 is 0 Å². The fourth-order valence-electron chi connectivity index (χ4n) is 2.38. The molecule has 1 atom stereocenters. The minimum Gasteiger partial charge on any atom is -0.389 e. The van der Waals surface area contributed by atoms with E-state index in [1.54, 1.807) is 49.4 Å². The number of carbonyl (C=O) groups excluding carboxylic acids is 2. The number of rotatable bonds is 1. The molecular weight excluding hydrogens is 240 g/mol. The summed E-state index contributed by atoms with van der Waals surface area (Å²) in [6.07, 6.45) is -0.662. The second-order valence-corrected chi connectivity index (χ2v) is 4.68. The van der Waals surface area contributed by atoms with Gasteiger partial charge in [0.25, 0.3) is 0 Å². The van der Waals surface area contributed by atoms with E-state index in [9.17, 15) is 14.7 Å². The van der Waals surface area contributed by atoms with Crippen molar-refractivity contribution in [1.29, 1.82) is 0 Å². The Morgan fingerprint density at radius 1 is 0.842 bits per heavy atom. The van der Waals surface area contributed by atoms with Crippen LogP contribution in [0.2, 0.25) is 0 Å². The van der Waals surface area contributed by atoms with Crippen LogP contribution in [0.1, 0.15) is 50.4 Å². The molecule has 1 aliphatic rings. The maximum Gasteiger partial charge on any atom is 0.194 e. The predicted octanol–water partition coefficient (Wildman–Crippen LogP) is 2.52. The number of hydrogen-bond acceptors (Lipinski definition) is 3. The van der Waals surface area contributed by atoms with Crippen LogP contribution in [0.5, 0.6) is 0 Å². The first kappa shape index (κ1) is 11.8. The molecule has 0 saturated carbocycles. The third-order valence-corrected chi connectivity index (χ3v) is 3.43. The van der Waals surface area contributed by atoms with Crippen molar-refractivity contribution in [3.8, 4) is 0 Å². The average Bonchev–Trinajstić information content (AvgIpc) is 2.44. The molecule has 2 aromatic carbocycles. The zero-order valence-electron chi connectivity index (χ0n) is 10.4. The summed E-state index contributed by atoms with van der Waals surface area (Å²) in [5.41, 5.74) is 2.31. The van der Waals surface area contributed by atoms with Gasteiger partial charge in [0.2, 0.25) is 0 Å². The van der Waals surface area contributed by atoms with Crippen LogP contribution in [0.15, 0.2) is 42.5 Å². The Balaban J connectivity index is 2.24. The molecule has 0 bridgehead atoms. The highest BCUT2D eigenvalue weighted by molar-refractivity contribution is 6.28. The number of carbonyl (C=O) groups is 2. The summed E-state index contributed by atoms with van der Waals surface area (Å²) in [6, 6.07) is 11.7. The van der Waals surface area contributed by atoms with Crippen molar-refractivity contribution in [3.05, 3.63) is 70.3 Å². The topological polar surface area (TPSA) is 54.4 Å². The molecule has 3 heteroatoms. The number of hydrogen-bond donors (Lipinski definition) is 1. The van der Waals surface area contributed by atoms with Gasteiger partial charge in [-0.3, -0.25) is 9.59 Å². The molecule has 0 amide bonds. The van der Waals surface area contributed by atoms with Crippen LogP contribution in [0.4, 0.5) is 0 Å². The van der Waals surface area contributed by atoms with Crippen LogP contribution in [-0.4, -0.2) is 16.7 Å². The smallest absolute Gasteiger partial charge is 0.194 e. The van der Waals surface area contributed by atoms with Crippen LogP contribution in [0, 0.1) is 0 Å². The number of aliphatic hydroxyl groups is 1. The Hall–Kier alpha value is -2.26. The molecule has 1 N–H and O–H groups in total. The van der Waals surface area contributed by atoms with E-state index in [0.717, 1.165) is 0 Å². The van der Waals surface area contributed by atoms with Crippen LogP contribution < -0.4 is 0 Å². The maximum absolute atomic E-state index is 12.4. The van der Waals surface area contributed by atoms with Gasteiger partial charge < -0.3 is 5.11 Å². The first-order valence-electron chi connectivity index (χ1n) is 6.10. The Morgan fingerprint density at radius 3 is 1.95 bits per heavy atom. The number of benzene rings is 2. The number of fused-ring (bicyclic) bond motifs is 2. The van der Waals surface area contributed by atoms with Crippen molar-refractivity contribution in [2.24, 2.45) is 0 Å². The second kappa shape index (κ2) is 4.14. The molecule has 0 aliphatic heterocycles. The molecule has 94 valence electrons. The number of aliphatic hydroxyl groups excluding tert-OH is 1. The highest BCUT2D eigenvalue weighted by Gasteiger charge is 2.29. The molecule has 0 aromatic heterocycles.